The van der Waals surface area contributed by atoms with Crippen LogP contribution < -0.4 is 10.6 Å². The van der Waals surface area contributed by atoms with Crippen LogP contribution in [0.5, 0.6) is 0 Å². The average molecular weight is 356 g/mol. The van der Waals surface area contributed by atoms with Gasteiger partial charge < -0.3 is 10.6 Å². The molecule has 0 radical (unpaired) electrons. The number of amides is 2. The number of anilines is 1. The lowest BCUT2D eigenvalue weighted by Gasteiger charge is -2.05. The van der Waals surface area contributed by atoms with Gasteiger partial charge >= 0.3 is 0 Å². The van der Waals surface area contributed by atoms with Crippen molar-refractivity contribution in [1.29, 1.82) is 0 Å². The van der Waals surface area contributed by atoms with E-state index in [9.17, 15) is 18.4 Å². The van der Waals surface area contributed by atoms with Gasteiger partial charge in [0, 0.05) is 18.7 Å². The second kappa shape index (κ2) is 9.27. The predicted octanol–water partition coefficient (Wildman–Crippen LogP) is 3.46. The van der Waals surface area contributed by atoms with Crippen molar-refractivity contribution < 1.29 is 18.4 Å². The van der Waals surface area contributed by atoms with Crippen LogP contribution in [0.15, 0.2) is 61.2 Å². The lowest BCUT2D eigenvalue weighted by Crippen LogP contribution is -2.23. The summed E-state index contributed by atoms with van der Waals surface area (Å²) in [5.41, 5.74) is 1.53. The molecule has 2 aromatic carbocycles. The maximum Gasteiger partial charge on any atom is 0.248 e. The van der Waals surface area contributed by atoms with E-state index in [2.05, 4.69) is 17.2 Å². The highest BCUT2D eigenvalue weighted by atomic mass is 19.1. The Morgan fingerprint density at radius 2 is 1.88 bits per heavy atom. The highest BCUT2D eigenvalue weighted by Crippen LogP contribution is 2.15. The molecule has 4 nitrogen and oxygen atoms in total. The van der Waals surface area contributed by atoms with Crippen molar-refractivity contribution in [3.63, 3.8) is 0 Å². The maximum absolute atomic E-state index is 13.5. The lowest BCUT2D eigenvalue weighted by molar-refractivity contribution is -0.116. The van der Waals surface area contributed by atoms with Crippen LogP contribution in [0.3, 0.4) is 0 Å². The van der Waals surface area contributed by atoms with E-state index >= 15 is 0 Å². The summed E-state index contributed by atoms with van der Waals surface area (Å²) in [5, 5.41) is 4.97. The van der Waals surface area contributed by atoms with E-state index in [0.29, 0.717) is 13.0 Å². The average Bonchev–Trinajstić information content (AvgIpc) is 2.63. The molecule has 0 aliphatic carbocycles. The van der Waals surface area contributed by atoms with Crippen molar-refractivity contribution in [3.05, 3.63) is 84.0 Å². The highest BCUT2D eigenvalue weighted by molar-refractivity contribution is 6.02. The quantitative estimate of drug-likeness (QED) is 0.747. The minimum absolute atomic E-state index is 0.216. The Hall–Kier alpha value is -3.28. The first-order valence-corrected chi connectivity index (χ1v) is 7.91. The van der Waals surface area contributed by atoms with Crippen LogP contribution in [0.2, 0.25) is 0 Å². The van der Waals surface area contributed by atoms with Crippen LogP contribution in [-0.2, 0) is 16.0 Å². The smallest absolute Gasteiger partial charge is 0.248 e. The molecule has 0 aliphatic rings. The molecule has 0 bridgehead atoms. The highest BCUT2D eigenvalue weighted by Gasteiger charge is 2.06. The van der Waals surface area contributed by atoms with Gasteiger partial charge in [-0.2, -0.15) is 0 Å². The summed E-state index contributed by atoms with van der Waals surface area (Å²) in [6.07, 6.45) is 4.64. The largest absolute Gasteiger partial charge is 0.352 e. The Labute approximate surface area is 150 Å². The molecule has 0 spiro atoms. The van der Waals surface area contributed by atoms with E-state index in [1.165, 1.54) is 12.2 Å². The Balaban J connectivity index is 1.95. The molecule has 0 saturated carbocycles. The van der Waals surface area contributed by atoms with Gasteiger partial charge in [-0.3, -0.25) is 9.59 Å². The molecule has 134 valence electrons. The van der Waals surface area contributed by atoms with E-state index in [0.717, 1.165) is 29.3 Å². The first-order valence-electron chi connectivity index (χ1n) is 7.91. The van der Waals surface area contributed by atoms with Gasteiger partial charge in [0.25, 0.3) is 0 Å². The lowest BCUT2D eigenvalue weighted by atomic mass is 10.1. The molecule has 0 fully saturated rings. The molecule has 0 atom stereocenters. The second-order valence-corrected chi connectivity index (χ2v) is 5.44. The molecule has 2 rings (SSSR count). The number of hydrogen-bond acceptors (Lipinski definition) is 2. The van der Waals surface area contributed by atoms with Crippen LogP contribution in [-0.4, -0.2) is 18.4 Å². The summed E-state index contributed by atoms with van der Waals surface area (Å²) >= 11 is 0. The Bertz CT molecular complexity index is 847. The third kappa shape index (κ3) is 5.98. The summed E-state index contributed by atoms with van der Waals surface area (Å²) in [7, 11) is 0. The van der Waals surface area contributed by atoms with Crippen molar-refractivity contribution in [3.8, 4) is 0 Å². The summed E-state index contributed by atoms with van der Waals surface area (Å²) < 4.78 is 26.6. The fraction of sp³-hybridized carbons (Fsp3) is 0.100. The normalized spacial score (nSPS) is 10.5. The van der Waals surface area contributed by atoms with Gasteiger partial charge in [-0.05, 0) is 41.8 Å². The number of halogens is 2. The van der Waals surface area contributed by atoms with Crippen molar-refractivity contribution in [1.82, 2.24) is 5.32 Å². The van der Waals surface area contributed by atoms with E-state index < -0.39 is 17.5 Å². The predicted molar refractivity (Wildman–Crippen MR) is 97.4 cm³/mol. The fourth-order valence-electron chi connectivity index (χ4n) is 2.19. The number of carbonyl (C=O) groups is 2. The van der Waals surface area contributed by atoms with Crippen molar-refractivity contribution >= 4 is 23.6 Å². The van der Waals surface area contributed by atoms with Crippen molar-refractivity contribution in [2.45, 2.75) is 6.42 Å². The molecule has 0 aromatic heterocycles. The molecule has 6 heteroatoms. The molecule has 2 amide bonds. The number of rotatable bonds is 7. The third-order valence-electron chi connectivity index (χ3n) is 3.46. The topological polar surface area (TPSA) is 58.2 Å². The van der Waals surface area contributed by atoms with Gasteiger partial charge in [-0.15, -0.1) is 0 Å². The first-order chi connectivity index (χ1) is 12.5. The minimum atomic E-state index is -0.711. The van der Waals surface area contributed by atoms with Gasteiger partial charge in [0.15, 0.2) is 0 Å². The SMILES string of the molecule is C=CC(=O)NCCc1cccc(/C=C/C(=O)Nc2cc(F)ccc2F)c1. The molecule has 26 heavy (non-hydrogen) atoms. The fourth-order valence-corrected chi connectivity index (χ4v) is 2.19. The molecule has 0 unspecified atom stereocenters. The molecule has 2 aromatic rings. The van der Waals surface area contributed by atoms with E-state index in [1.807, 2.05) is 18.2 Å². The van der Waals surface area contributed by atoms with Crippen LogP contribution in [0.25, 0.3) is 6.08 Å². The molecular formula is C20H18F2N2O2. The van der Waals surface area contributed by atoms with Gasteiger partial charge in [-0.25, -0.2) is 8.78 Å². The molecule has 0 aliphatic heterocycles. The third-order valence-corrected chi connectivity index (χ3v) is 3.46. The van der Waals surface area contributed by atoms with Gasteiger partial charge in [0.05, 0.1) is 5.69 Å². The van der Waals surface area contributed by atoms with Crippen molar-refractivity contribution in [2.75, 3.05) is 11.9 Å². The van der Waals surface area contributed by atoms with Crippen molar-refractivity contribution in [2.24, 2.45) is 0 Å². The van der Waals surface area contributed by atoms with Gasteiger partial charge in [-0.1, -0.05) is 30.8 Å². The van der Waals surface area contributed by atoms with E-state index in [-0.39, 0.29) is 11.6 Å². The number of nitrogens with one attached hydrogen (secondary N) is 2. The molecular weight excluding hydrogens is 338 g/mol. The maximum atomic E-state index is 13.5. The number of benzene rings is 2. The summed E-state index contributed by atoms with van der Waals surface area (Å²) in [5.74, 6) is -2.15. The number of carbonyl (C=O) groups excluding carboxylic acids is 2. The van der Waals surface area contributed by atoms with E-state index in [1.54, 1.807) is 12.1 Å². The van der Waals surface area contributed by atoms with Crippen LogP contribution in [0, 0.1) is 11.6 Å². The zero-order valence-corrected chi connectivity index (χ0v) is 14.0. The molecule has 2 N–H and O–H groups in total. The Morgan fingerprint density at radius 1 is 1.08 bits per heavy atom. The summed E-state index contributed by atoms with van der Waals surface area (Å²) in [6, 6.07) is 10.2. The molecule has 0 saturated heterocycles. The molecule has 0 heterocycles. The standard InChI is InChI=1S/C20H18F2N2O2/c1-2-19(25)23-11-10-15-5-3-4-14(12-15)6-9-20(26)24-18-13-16(21)7-8-17(18)22/h2-9,12-13H,1,10-11H2,(H,23,25)(H,24,26)/b9-6+. The Kier molecular flexibility index (Phi) is 6.79. The Morgan fingerprint density at radius 3 is 2.65 bits per heavy atom. The zero-order valence-electron chi connectivity index (χ0n) is 14.0. The number of hydrogen-bond donors (Lipinski definition) is 2. The van der Waals surface area contributed by atoms with Gasteiger partial charge in [0.1, 0.15) is 11.6 Å². The first kappa shape index (κ1) is 19.1. The van der Waals surface area contributed by atoms with Crippen LogP contribution in [0.4, 0.5) is 14.5 Å². The van der Waals surface area contributed by atoms with E-state index in [4.69, 9.17) is 0 Å². The summed E-state index contributed by atoms with van der Waals surface area (Å²) in [6.45, 7) is 3.85. The van der Waals surface area contributed by atoms with Crippen LogP contribution in [0.1, 0.15) is 11.1 Å². The van der Waals surface area contributed by atoms with Gasteiger partial charge in [0.2, 0.25) is 11.8 Å². The zero-order chi connectivity index (χ0) is 18.9. The monoisotopic (exact) mass is 356 g/mol. The minimum Gasteiger partial charge on any atom is -0.352 e. The summed E-state index contributed by atoms with van der Waals surface area (Å²) in [4.78, 5) is 23.0. The second-order valence-electron chi connectivity index (χ2n) is 5.44. The van der Waals surface area contributed by atoms with Crippen LogP contribution >= 0.6 is 0 Å².